The lowest BCUT2D eigenvalue weighted by molar-refractivity contribution is -0.140. The fourth-order valence-electron chi connectivity index (χ4n) is 1.58. The number of thioether (sulfide) groups is 1. The summed E-state index contributed by atoms with van der Waals surface area (Å²) in [5.74, 6) is 0.519. The van der Waals surface area contributed by atoms with Crippen molar-refractivity contribution in [2.45, 2.75) is 25.4 Å². The summed E-state index contributed by atoms with van der Waals surface area (Å²) in [6, 6.07) is -0.760. The van der Waals surface area contributed by atoms with Crippen molar-refractivity contribution in [1.29, 1.82) is 0 Å². The van der Waals surface area contributed by atoms with Crippen molar-refractivity contribution < 1.29 is 14.7 Å². The van der Waals surface area contributed by atoms with Crippen LogP contribution < -0.4 is 5.73 Å². The van der Waals surface area contributed by atoms with Crippen LogP contribution in [0.15, 0.2) is 0 Å². The zero-order valence-electron chi connectivity index (χ0n) is 8.68. The van der Waals surface area contributed by atoms with Crippen LogP contribution in [0.5, 0.6) is 0 Å². The van der Waals surface area contributed by atoms with Gasteiger partial charge in [-0.25, -0.2) is 0 Å². The van der Waals surface area contributed by atoms with E-state index in [0.717, 1.165) is 5.75 Å². The monoisotopic (exact) mass is 232 g/mol. The molecule has 2 atom stereocenters. The molecule has 1 aliphatic rings. The van der Waals surface area contributed by atoms with Crippen molar-refractivity contribution in [3.63, 3.8) is 0 Å². The number of amides is 1. The third kappa shape index (κ3) is 3.39. The van der Waals surface area contributed by atoms with Crippen molar-refractivity contribution in [3.8, 4) is 0 Å². The Labute approximate surface area is 93.0 Å². The number of carboxylic acids is 1. The fraction of sp³-hybridized carbons (Fsp3) is 0.778. The molecule has 1 amide bonds. The van der Waals surface area contributed by atoms with E-state index in [1.165, 1.54) is 0 Å². The number of nitrogens with two attached hydrogens (primary N) is 1. The van der Waals surface area contributed by atoms with Gasteiger partial charge in [-0.05, 0) is 6.92 Å². The average Bonchev–Trinajstić information content (AvgIpc) is 2.16. The molecule has 5 nitrogen and oxygen atoms in total. The molecule has 1 saturated heterocycles. The number of aliphatic carboxylic acids is 1. The van der Waals surface area contributed by atoms with Crippen molar-refractivity contribution in [2.24, 2.45) is 5.73 Å². The largest absolute Gasteiger partial charge is 0.481 e. The van der Waals surface area contributed by atoms with Gasteiger partial charge in [-0.2, -0.15) is 11.8 Å². The van der Waals surface area contributed by atoms with E-state index < -0.39 is 12.0 Å². The van der Waals surface area contributed by atoms with E-state index >= 15 is 0 Å². The van der Waals surface area contributed by atoms with Crippen LogP contribution in [-0.2, 0) is 9.59 Å². The third-order valence-corrected chi connectivity index (χ3v) is 3.40. The molecule has 0 aromatic carbocycles. The van der Waals surface area contributed by atoms with Crippen molar-refractivity contribution in [3.05, 3.63) is 0 Å². The summed E-state index contributed by atoms with van der Waals surface area (Å²) >= 11 is 1.68. The minimum absolute atomic E-state index is 0.00542. The molecule has 0 aromatic heterocycles. The molecule has 6 heteroatoms. The SMILES string of the molecule is CC(N)C(=O)N1CCSCC1CC(=O)O. The molecule has 1 aliphatic heterocycles. The lowest BCUT2D eigenvalue weighted by atomic mass is 10.1. The first-order valence-electron chi connectivity index (χ1n) is 4.88. The molecule has 0 spiro atoms. The van der Waals surface area contributed by atoms with Gasteiger partial charge in [0.1, 0.15) is 0 Å². The van der Waals surface area contributed by atoms with E-state index in [2.05, 4.69) is 0 Å². The molecule has 1 heterocycles. The maximum absolute atomic E-state index is 11.7. The summed E-state index contributed by atoms with van der Waals surface area (Å²) in [7, 11) is 0. The van der Waals surface area contributed by atoms with Gasteiger partial charge in [-0.3, -0.25) is 9.59 Å². The lowest BCUT2D eigenvalue weighted by Gasteiger charge is -2.35. The van der Waals surface area contributed by atoms with Crippen LogP contribution in [0, 0.1) is 0 Å². The van der Waals surface area contributed by atoms with Crippen LogP contribution in [0.25, 0.3) is 0 Å². The molecule has 3 N–H and O–H groups in total. The van der Waals surface area contributed by atoms with Crippen LogP contribution in [0.1, 0.15) is 13.3 Å². The Balaban J connectivity index is 2.65. The Bertz CT molecular complexity index is 258. The van der Waals surface area contributed by atoms with Crippen LogP contribution >= 0.6 is 11.8 Å². The highest BCUT2D eigenvalue weighted by Crippen LogP contribution is 2.19. The third-order valence-electron chi connectivity index (χ3n) is 2.31. The molecule has 86 valence electrons. The second kappa shape index (κ2) is 5.37. The first-order valence-corrected chi connectivity index (χ1v) is 6.03. The zero-order valence-corrected chi connectivity index (χ0v) is 9.50. The first-order chi connectivity index (χ1) is 7.02. The predicted molar refractivity (Wildman–Crippen MR) is 58.7 cm³/mol. The number of nitrogens with zero attached hydrogens (tertiary/aromatic N) is 1. The summed E-state index contributed by atoms with van der Waals surface area (Å²) < 4.78 is 0. The number of carbonyl (C=O) groups is 2. The summed E-state index contributed by atoms with van der Waals surface area (Å²) in [5, 5.41) is 8.73. The van der Waals surface area contributed by atoms with Gasteiger partial charge >= 0.3 is 5.97 Å². The molecule has 2 unspecified atom stereocenters. The summed E-state index contributed by atoms with van der Waals surface area (Å²) in [6.07, 6.45) is 0.00542. The van der Waals surface area contributed by atoms with Gasteiger partial charge in [0, 0.05) is 18.1 Å². The Morgan fingerprint density at radius 3 is 2.87 bits per heavy atom. The zero-order chi connectivity index (χ0) is 11.4. The normalized spacial score (nSPS) is 23.6. The molecule has 0 bridgehead atoms. The second-order valence-electron chi connectivity index (χ2n) is 3.65. The summed E-state index contributed by atoms with van der Waals surface area (Å²) in [4.78, 5) is 23.9. The van der Waals surface area contributed by atoms with Gasteiger partial charge in [-0.15, -0.1) is 0 Å². The summed E-state index contributed by atoms with van der Waals surface area (Å²) in [5.41, 5.74) is 5.51. The van der Waals surface area contributed by atoms with E-state index in [1.807, 2.05) is 0 Å². The molecule has 0 aliphatic carbocycles. The smallest absolute Gasteiger partial charge is 0.305 e. The standard InChI is InChI=1S/C9H16N2O3S/c1-6(10)9(14)11-2-3-15-5-7(11)4-8(12)13/h6-7H,2-5,10H2,1H3,(H,12,13). The number of carboxylic acid groups (broad SMARTS) is 1. The average molecular weight is 232 g/mol. The Kier molecular flexibility index (Phi) is 4.41. The molecule has 0 saturated carbocycles. The molecular formula is C9H16N2O3S. The van der Waals surface area contributed by atoms with E-state index in [9.17, 15) is 9.59 Å². The number of hydrogen-bond donors (Lipinski definition) is 2. The number of carbonyl (C=O) groups excluding carboxylic acids is 1. The molecule has 1 rings (SSSR count). The van der Waals surface area contributed by atoms with Gasteiger partial charge in [-0.1, -0.05) is 0 Å². The fourth-order valence-corrected chi connectivity index (χ4v) is 2.64. The van der Waals surface area contributed by atoms with Crippen molar-refractivity contribution in [2.75, 3.05) is 18.1 Å². The number of hydrogen-bond acceptors (Lipinski definition) is 4. The molecule has 15 heavy (non-hydrogen) atoms. The number of rotatable bonds is 3. The second-order valence-corrected chi connectivity index (χ2v) is 4.80. The Morgan fingerprint density at radius 2 is 2.33 bits per heavy atom. The van der Waals surface area contributed by atoms with Crippen LogP contribution in [0.4, 0.5) is 0 Å². The van der Waals surface area contributed by atoms with E-state index in [1.54, 1.807) is 23.6 Å². The Hall–Kier alpha value is -0.750. The minimum atomic E-state index is -0.870. The molecule has 1 fully saturated rings. The summed E-state index contributed by atoms with van der Waals surface area (Å²) in [6.45, 7) is 2.23. The highest BCUT2D eigenvalue weighted by molar-refractivity contribution is 7.99. The van der Waals surface area contributed by atoms with Gasteiger partial charge in [0.2, 0.25) is 5.91 Å². The van der Waals surface area contributed by atoms with Gasteiger partial charge in [0.05, 0.1) is 18.5 Å². The molecule has 0 aromatic rings. The van der Waals surface area contributed by atoms with Crippen LogP contribution in [-0.4, -0.2) is 52.0 Å². The topological polar surface area (TPSA) is 83.6 Å². The van der Waals surface area contributed by atoms with Gasteiger partial charge < -0.3 is 15.7 Å². The predicted octanol–water partition coefficient (Wildman–Crippen LogP) is -0.248. The maximum Gasteiger partial charge on any atom is 0.305 e. The van der Waals surface area contributed by atoms with Crippen molar-refractivity contribution in [1.82, 2.24) is 4.90 Å². The lowest BCUT2D eigenvalue weighted by Crippen LogP contribution is -2.52. The quantitative estimate of drug-likeness (QED) is 0.701. The molecular weight excluding hydrogens is 216 g/mol. The van der Waals surface area contributed by atoms with Gasteiger partial charge in [0.25, 0.3) is 0 Å². The van der Waals surface area contributed by atoms with Crippen LogP contribution in [0.2, 0.25) is 0 Å². The van der Waals surface area contributed by atoms with Gasteiger partial charge in [0.15, 0.2) is 0 Å². The Morgan fingerprint density at radius 1 is 1.67 bits per heavy atom. The van der Waals surface area contributed by atoms with E-state index in [4.69, 9.17) is 10.8 Å². The van der Waals surface area contributed by atoms with E-state index in [-0.39, 0.29) is 18.4 Å². The highest BCUT2D eigenvalue weighted by Gasteiger charge is 2.29. The maximum atomic E-state index is 11.7. The van der Waals surface area contributed by atoms with E-state index in [0.29, 0.717) is 12.3 Å². The molecule has 0 radical (unpaired) electrons. The minimum Gasteiger partial charge on any atom is -0.481 e. The van der Waals surface area contributed by atoms with Crippen molar-refractivity contribution >= 4 is 23.6 Å². The highest BCUT2D eigenvalue weighted by atomic mass is 32.2. The van der Waals surface area contributed by atoms with Crippen LogP contribution in [0.3, 0.4) is 0 Å². The first kappa shape index (κ1) is 12.3.